The van der Waals surface area contributed by atoms with Crippen molar-refractivity contribution < 1.29 is 13.9 Å². The van der Waals surface area contributed by atoms with Crippen LogP contribution >= 0.6 is 15.9 Å². The Morgan fingerprint density at radius 3 is 2.86 bits per heavy atom. The Kier molecular flexibility index (Phi) is 5.09. The summed E-state index contributed by atoms with van der Waals surface area (Å²) < 4.78 is 18.9. The van der Waals surface area contributed by atoms with Crippen LogP contribution in [-0.4, -0.2) is 18.1 Å². The fourth-order valence-electron chi connectivity index (χ4n) is 2.39. The molecule has 0 aliphatic carbocycles. The topological polar surface area (TPSA) is 63.0 Å². The van der Waals surface area contributed by atoms with E-state index in [1.165, 1.54) is 13.2 Å². The largest absolute Gasteiger partial charge is 0.469 e. The van der Waals surface area contributed by atoms with Gasteiger partial charge in [0.15, 0.2) is 0 Å². The Morgan fingerprint density at radius 2 is 2.23 bits per heavy atom. The van der Waals surface area contributed by atoms with E-state index in [2.05, 4.69) is 20.9 Å². The first-order chi connectivity index (χ1) is 10.5. The summed E-state index contributed by atoms with van der Waals surface area (Å²) in [5.41, 5.74) is 1.97. The molecule has 1 aromatic carbocycles. The summed E-state index contributed by atoms with van der Waals surface area (Å²) in [7, 11) is 1.31. The fraction of sp³-hybridized carbons (Fsp3) is 0.312. The van der Waals surface area contributed by atoms with Gasteiger partial charge in [-0.3, -0.25) is 9.78 Å². The molecule has 6 heteroatoms. The molecule has 22 heavy (non-hydrogen) atoms. The number of nitriles is 1. The third-order valence-electron chi connectivity index (χ3n) is 3.49. The van der Waals surface area contributed by atoms with E-state index in [0.29, 0.717) is 33.1 Å². The Balaban J connectivity index is 2.57. The molecule has 0 aliphatic heterocycles. The van der Waals surface area contributed by atoms with Crippen molar-refractivity contribution in [3.05, 3.63) is 39.7 Å². The van der Waals surface area contributed by atoms with Gasteiger partial charge in [0.1, 0.15) is 5.82 Å². The molecule has 4 nitrogen and oxygen atoms in total. The number of carbonyl (C=O) groups is 1. The lowest BCUT2D eigenvalue weighted by molar-refractivity contribution is -0.142. The molecule has 114 valence electrons. The SMILES string of the molecule is COC(=O)C(CCC#N)c1cc2cc(F)c(Br)cc2nc1C. The van der Waals surface area contributed by atoms with Gasteiger partial charge < -0.3 is 4.74 Å². The van der Waals surface area contributed by atoms with E-state index in [4.69, 9.17) is 10.00 Å². The van der Waals surface area contributed by atoms with Crippen LogP contribution < -0.4 is 0 Å². The third-order valence-corrected chi connectivity index (χ3v) is 4.10. The van der Waals surface area contributed by atoms with Crippen LogP contribution in [0.3, 0.4) is 0 Å². The van der Waals surface area contributed by atoms with Crippen LogP contribution in [0.5, 0.6) is 0 Å². The minimum absolute atomic E-state index is 0.228. The summed E-state index contributed by atoms with van der Waals surface area (Å²) in [5.74, 6) is -1.39. The molecular formula is C16H14BrFN2O2. The molecule has 0 spiro atoms. The second-order valence-corrected chi connectivity index (χ2v) is 5.75. The highest BCUT2D eigenvalue weighted by atomic mass is 79.9. The fourth-order valence-corrected chi connectivity index (χ4v) is 2.72. The van der Waals surface area contributed by atoms with Gasteiger partial charge in [0, 0.05) is 17.5 Å². The van der Waals surface area contributed by atoms with Gasteiger partial charge in [0.2, 0.25) is 0 Å². The van der Waals surface area contributed by atoms with Crippen LogP contribution in [-0.2, 0) is 9.53 Å². The van der Waals surface area contributed by atoms with Crippen molar-refractivity contribution in [2.75, 3.05) is 7.11 Å². The molecular weight excluding hydrogens is 351 g/mol. The van der Waals surface area contributed by atoms with Gasteiger partial charge in [-0.2, -0.15) is 5.26 Å². The average molecular weight is 365 g/mol. The molecule has 0 saturated heterocycles. The molecule has 0 saturated carbocycles. The lowest BCUT2D eigenvalue weighted by atomic mass is 9.92. The van der Waals surface area contributed by atoms with E-state index in [1.807, 2.05) is 6.07 Å². The minimum Gasteiger partial charge on any atom is -0.469 e. The summed E-state index contributed by atoms with van der Waals surface area (Å²) in [6.45, 7) is 1.79. The first-order valence-corrected chi connectivity index (χ1v) is 7.48. The van der Waals surface area contributed by atoms with Crippen molar-refractivity contribution >= 4 is 32.8 Å². The second kappa shape index (κ2) is 6.84. The molecule has 0 bridgehead atoms. The first-order valence-electron chi connectivity index (χ1n) is 6.69. The molecule has 0 fully saturated rings. The number of esters is 1. The molecule has 2 rings (SSSR count). The van der Waals surface area contributed by atoms with Gasteiger partial charge in [-0.1, -0.05) is 0 Å². The zero-order valence-electron chi connectivity index (χ0n) is 12.2. The van der Waals surface area contributed by atoms with Crippen molar-refractivity contribution in [3.63, 3.8) is 0 Å². The number of aromatic nitrogens is 1. The van der Waals surface area contributed by atoms with Crippen LogP contribution in [0.2, 0.25) is 0 Å². The predicted octanol–water partition coefficient (Wildman–Crippen LogP) is 4.01. The summed E-state index contributed by atoms with van der Waals surface area (Å²) in [6.07, 6.45) is 0.572. The predicted molar refractivity (Wildman–Crippen MR) is 83.7 cm³/mol. The highest BCUT2D eigenvalue weighted by Gasteiger charge is 2.24. The second-order valence-electron chi connectivity index (χ2n) is 4.89. The number of hydrogen-bond donors (Lipinski definition) is 0. The van der Waals surface area contributed by atoms with Crippen molar-refractivity contribution in [1.29, 1.82) is 5.26 Å². The third kappa shape index (κ3) is 3.25. The van der Waals surface area contributed by atoms with Crippen LogP contribution in [0.25, 0.3) is 10.9 Å². The summed E-state index contributed by atoms with van der Waals surface area (Å²) >= 11 is 3.13. The van der Waals surface area contributed by atoms with Gasteiger partial charge in [-0.15, -0.1) is 0 Å². The molecule has 1 heterocycles. The van der Waals surface area contributed by atoms with Crippen molar-refractivity contribution in [1.82, 2.24) is 4.98 Å². The van der Waals surface area contributed by atoms with Crippen LogP contribution in [0.4, 0.5) is 4.39 Å². The van der Waals surface area contributed by atoms with E-state index in [1.54, 1.807) is 19.1 Å². The van der Waals surface area contributed by atoms with Gasteiger partial charge >= 0.3 is 5.97 Å². The zero-order chi connectivity index (χ0) is 16.3. The summed E-state index contributed by atoms with van der Waals surface area (Å²) in [6, 6.07) is 6.74. The van der Waals surface area contributed by atoms with E-state index < -0.39 is 17.7 Å². The van der Waals surface area contributed by atoms with Gasteiger partial charge in [-0.25, -0.2) is 4.39 Å². The van der Waals surface area contributed by atoms with Crippen molar-refractivity contribution in [2.45, 2.75) is 25.7 Å². The number of benzene rings is 1. The average Bonchev–Trinajstić information content (AvgIpc) is 2.49. The standard InChI is InChI=1S/C16H14BrFN2O2/c1-9-12(11(4-3-5-19)16(21)22-2)6-10-7-14(18)13(17)8-15(10)20-9/h6-8,11H,3-4H2,1-2H3. The number of aryl methyl sites for hydroxylation is 1. The quantitative estimate of drug-likeness (QED) is 0.769. The smallest absolute Gasteiger partial charge is 0.313 e. The maximum absolute atomic E-state index is 13.7. The van der Waals surface area contributed by atoms with Gasteiger partial charge in [-0.05, 0) is 53.0 Å². The number of methoxy groups -OCH3 is 1. The zero-order valence-corrected chi connectivity index (χ0v) is 13.8. The maximum atomic E-state index is 13.7. The maximum Gasteiger partial charge on any atom is 0.313 e. The Hall–Kier alpha value is -2.00. The molecule has 1 unspecified atom stereocenters. The molecule has 0 N–H and O–H groups in total. The molecule has 1 atom stereocenters. The van der Waals surface area contributed by atoms with E-state index >= 15 is 0 Å². The number of pyridine rings is 1. The van der Waals surface area contributed by atoms with E-state index in [0.717, 1.165) is 0 Å². The molecule has 0 aliphatic rings. The van der Waals surface area contributed by atoms with Crippen LogP contribution in [0.15, 0.2) is 22.7 Å². The summed E-state index contributed by atoms with van der Waals surface area (Å²) in [5, 5.41) is 9.36. The van der Waals surface area contributed by atoms with Crippen molar-refractivity contribution in [2.24, 2.45) is 0 Å². The van der Waals surface area contributed by atoms with Gasteiger partial charge in [0.05, 0.1) is 29.1 Å². The Labute approximate surface area is 136 Å². The number of halogens is 2. The molecule has 0 radical (unpaired) electrons. The monoisotopic (exact) mass is 364 g/mol. The van der Waals surface area contributed by atoms with Crippen LogP contribution in [0, 0.1) is 24.1 Å². The molecule has 1 aromatic heterocycles. The highest BCUT2D eigenvalue weighted by Crippen LogP contribution is 2.30. The normalized spacial score (nSPS) is 12.0. The molecule has 2 aromatic rings. The first kappa shape index (κ1) is 16.4. The molecule has 0 amide bonds. The van der Waals surface area contributed by atoms with E-state index in [9.17, 15) is 9.18 Å². The minimum atomic E-state index is -0.576. The lowest BCUT2D eigenvalue weighted by Crippen LogP contribution is -2.16. The number of fused-ring (bicyclic) bond motifs is 1. The number of carbonyl (C=O) groups excluding carboxylic acids is 1. The van der Waals surface area contributed by atoms with Crippen LogP contribution in [0.1, 0.15) is 30.0 Å². The Bertz CT molecular complexity index is 771. The van der Waals surface area contributed by atoms with Crippen molar-refractivity contribution in [3.8, 4) is 6.07 Å². The van der Waals surface area contributed by atoms with Gasteiger partial charge in [0.25, 0.3) is 0 Å². The summed E-state index contributed by atoms with van der Waals surface area (Å²) in [4.78, 5) is 16.4. The number of hydrogen-bond acceptors (Lipinski definition) is 4. The Morgan fingerprint density at radius 1 is 1.50 bits per heavy atom. The van der Waals surface area contributed by atoms with E-state index in [-0.39, 0.29) is 6.42 Å². The number of nitrogens with zero attached hydrogens (tertiary/aromatic N) is 2. The number of ether oxygens (including phenoxy) is 1. The lowest BCUT2D eigenvalue weighted by Gasteiger charge is -2.16. The highest BCUT2D eigenvalue weighted by molar-refractivity contribution is 9.10. The number of rotatable bonds is 4.